The van der Waals surface area contributed by atoms with Crippen molar-refractivity contribution in [2.75, 3.05) is 26.1 Å². The number of hydrogen-bond acceptors (Lipinski definition) is 4. The fourth-order valence-electron chi connectivity index (χ4n) is 2.23. The van der Waals surface area contributed by atoms with Crippen LogP contribution >= 0.6 is 0 Å². The number of aromatic nitrogens is 1. The van der Waals surface area contributed by atoms with Crippen LogP contribution in [-0.4, -0.2) is 26.4 Å². The van der Waals surface area contributed by atoms with Crippen molar-refractivity contribution in [1.29, 1.82) is 0 Å². The number of rotatable bonds is 4. The van der Waals surface area contributed by atoms with Gasteiger partial charge < -0.3 is 14.2 Å². The largest absolute Gasteiger partial charge is 0.497 e. The normalized spacial score (nSPS) is 10.5. The monoisotopic (exact) mass is 294 g/mol. The van der Waals surface area contributed by atoms with Gasteiger partial charge in [0.1, 0.15) is 11.4 Å². The van der Waals surface area contributed by atoms with E-state index in [0.717, 1.165) is 34.0 Å². The highest BCUT2D eigenvalue weighted by Gasteiger charge is 2.09. The van der Waals surface area contributed by atoms with Gasteiger partial charge in [-0.25, -0.2) is 0 Å². The van der Waals surface area contributed by atoms with Gasteiger partial charge in [0, 0.05) is 37.0 Å². The van der Waals surface area contributed by atoms with Gasteiger partial charge in [-0.05, 0) is 36.4 Å². The van der Waals surface area contributed by atoms with Crippen molar-refractivity contribution >= 4 is 5.69 Å². The molecule has 0 saturated carbocycles. The Kier molecular flexibility index (Phi) is 3.83. The Morgan fingerprint density at radius 3 is 2.14 bits per heavy atom. The van der Waals surface area contributed by atoms with E-state index in [4.69, 9.17) is 9.26 Å². The van der Waals surface area contributed by atoms with Crippen molar-refractivity contribution in [2.24, 2.45) is 0 Å². The van der Waals surface area contributed by atoms with Gasteiger partial charge in [0.15, 0.2) is 5.76 Å². The van der Waals surface area contributed by atoms with Gasteiger partial charge in [0.05, 0.1) is 7.11 Å². The molecule has 0 N–H and O–H groups in total. The van der Waals surface area contributed by atoms with Crippen LogP contribution in [0.25, 0.3) is 22.6 Å². The van der Waals surface area contributed by atoms with E-state index in [9.17, 15) is 0 Å². The molecule has 22 heavy (non-hydrogen) atoms. The maximum Gasteiger partial charge on any atom is 0.167 e. The molecule has 0 radical (unpaired) electrons. The lowest BCUT2D eigenvalue weighted by molar-refractivity contribution is 0.414. The molecular formula is C18H18N2O2. The summed E-state index contributed by atoms with van der Waals surface area (Å²) >= 11 is 0. The predicted molar refractivity (Wildman–Crippen MR) is 88.3 cm³/mol. The van der Waals surface area contributed by atoms with Crippen molar-refractivity contribution in [1.82, 2.24) is 5.16 Å². The molecule has 1 aromatic heterocycles. The van der Waals surface area contributed by atoms with Crippen LogP contribution in [0.3, 0.4) is 0 Å². The fraction of sp³-hybridized carbons (Fsp3) is 0.167. The fourth-order valence-corrected chi connectivity index (χ4v) is 2.23. The minimum atomic E-state index is 0.745. The second-order valence-corrected chi connectivity index (χ2v) is 5.25. The summed E-state index contributed by atoms with van der Waals surface area (Å²) in [7, 11) is 5.69. The topological polar surface area (TPSA) is 38.5 Å². The summed E-state index contributed by atoms with van der Waals surface area (Å²) in [6.45, 7) is 0. The smallest absolute Gasteiger partial charge is 0.167 e. The van der Waals surface area contributed by atoms with Crippen molar-refractivity contribution in [2.45, 2.75) is 0 Å². The molecule has 4 heteroatoms. The summed E-state index contributed by atoms with van der Waals surface area (Å²) in [6.07, 6.45) is 0. The van der Waals surface area contributed by atoms with E-state index in [-0.39, 0.29) is 0 Å². The highest BCUT2D eigenvalue weighted by molar-refractivity contribution is 5.68. The average molecular weight is 294 g/mol. The van der Waals surface area contributed by atoms with E-state index < -0.39 is 0 Å². The van der Waals surface area contributed by atoms with Gasteiger partial charge >= 0.3 is 0 Å². The van der Waals surface area contributed by atoms with Crippen molar-refractivity contribution in [3.05, 3.63) is 54.6 Å². The second-order valence-electron chi connectivity index (χ2n) is 5.25. The molecule has 0 saturated heterocycles. The van der Waals surface area contributed by atoms with E-state index in [1.807, 2.05) is 56.6 Å². The highest BCUT2D eigenvalue weighted by Crippen LogP contribution is 2.28. The number of benzene rings is 2. The second kappa shape index (κ2) is 5.93. The van der Waals surface area contributed by atoms with Crippen LogP contribution in [-0.2, 0) is 0 Å². The first-order valence-electron chi connectivity index (χ1n) is 7.06. The van der Waals surface area contributed by atoms with Gasteiger partial charge in [0.25, 0.3) is 0 Å². The van der Waals surface area contributed by atoms with E-state index in [2.05, 4.69) is 22.2 Å². The molecule has 0 atom stereocenters. The summed E-state index contributed by atoms with van der Waals surface area (Å²) in [5.74, 6) is 1.57. The van der Waals surface area contributed by atoms with Crippen LogP contribution in [0.1, 0.15) is 0 Å². The predicted octanol–water partition coefficient (Wildman–Crippen LogP) is 4.08. The zero-order valence-corrected chi connectivity index (χ0v) is 12.9. The third-order valence-corrected chi connectivity index (χ3v) is 3.56. The molecular weight excluding hydrogens is 276 g/mol. The molecule has 1 heterocycles. The molecule has 4 nitrogen and oxygen atoms in total. The van der Waals surface area contributed by atoms with Crippen LogP contribution < -0.4 is 9.64 Å². The molecule has 3 aromatic rings. The Balaban J connectivity index is 1.86. The van der Waals surface area contributed by atoms with Gasteiger partial charge in [-0.15, -0.1) is 0 Å². The van der Waals surface area contributed by atoms with Crippen LogP contribution in [0.15, 0.2) is 59.1 Å². The zero-order valence-electron chi connectivity index (χ0n) is 12.9. The maximum atomic E-state index is 5.46. The minimum Gasteiger partial charge on any atom is -0.497 e. The quantitative estimate of drug-likeness (QED) is 0.726. The van der Waals surface area contributed by atoms with Crippen LogP contribution in [0.2, 0.25) is 0 Å². The summed E-state index contributed by atoms with van der Waals surface area (Å²) in [5, 5.41) is 4.16. The van der Waals surface area contributed by atoms with Crippen LogP contribution in [0.4, 0.5) is 5.69 Å². The number of methoxy groups -OCH3 is 1. The first kappa shape index (κ1) is 14.2. The highest BCUT2D eigenvalue weighted by atomic mass is 16.5. The molecule has 0 aliphatic rings. The SMILES string of the molecule is COc1ccc(-c2cc(-c3ccc(N(C)C)cc3)no2)cc1. The van der Waals surface area contributed by atoms with E-state index in [0.29, 0.717) is 0 Å². The van der Waals surface area contributed by atoms with Crippen molar-refractivity contribution in [3.63, 3.8) is 0 Å². The van der Waals surface area contributed by atoms with Gasteiger partial charge in [-0.2, -0.15) is 0 Å². The molecule has 112 valence electrons. The van der Waals surface area contributed by atoms with E-state index >= 15 is 0 Å². The van der Waals surface area contributed by atoms with Gasteiger partial charge in [-0.1, -0.05) is 17.3 Å². The molecule has 0 spiro atoms. The minimum absolute atomic E-state index is 0.745. The first-order chi connectivity index (χ1) is 10.7. The summed E-state index contributed by atoms with van der Waals surface area (Å²) in [6, 6.07) is 17.9. The number of nitrogens with zero attached hydrogens (tertiary/aromatic N) is 2. The first-order valence-corrected chi connectivity index (χ1v) is 7.06. The van der Waals surface area contributed by atoms with Crippen molar-refractivity contribution in [3.8, 4) is 28.3 Å². The van der Waals surface area contributed by atoms with Gasteiger partial charge in [0.2, 0.25) is 0 Å². The Morgan fingerprint density at radius 2 is 1.55 bits per heavy atom. The van der Waals surface area contributed by atoms with E-state index in [1.165, 1.54) is 0 Å². The molecule has 2 aromatic carbocycles. The van der Waals surface area contributed by atoms with Crippen LogP contribution in [0, 0.1) is 0 Å². The number of ether oxygens (including phenoxy) is 1. The number of hydrogen-bond donors (Lipinski definition) is 0. The maximum absolute atomic E-state index is 5.46. The van der Waals surface area contributed by atoms with Gasteiger partial charge in [-0.3, -0.25) is 0 Å². The molecule has 0 amide bonds. The molecule has 0 bridgehead atoms. The molecule has 0 aliphatic heterocycles. The Morgan fingerprint density at radius 1 is 0.909 bits per heavy atom. The average Bonchev–Trinajstić information content (AvgIpc) is 3.05. The molecule has 0 fully saturated rings. The van der Waals surface area contributed by atoms with Crippen molar-refractivity contribution < 1.29 is 9.26 Å². The molecule has 0 unspecified atom stereocenters. The van der Waals surface area contributed by atoms with Crippen LogP contribution in [0.5, 0.6) is 5.75 Å². The van der Waals surface area contributed by atoms with E-state index in [1.54, 1.807) is 7.11 Å². The Labute approximate surface area is 129 Å². The molecule has 3 rings (SSSR count). The zero-order chi connectivity index (χ0) is 15.5. The lowest BCUT2D eigenvalue weighted by Crippen LogP contribution is -2.07. The third kappa shape index (κ3) is 2.81. The summed E-state index contributed by atoms with van der Waals surface area (Å²) in [5.41, 5.74) is 4.00. The lowest BCUT2D eigenvalue weighted by atomic mass is 10.1. The number of anilines is 1. The Bertz CT molecular complexity index is 744. The summed E-state index contributed by atoms with van der Waals surface area (Å²) in [4.78, 5) is 2.06. The molecule has 0 aliphatic carbocycles. The third-order valence-electron chi connectivity index (χ3n) is 3.56. The standard InChI is InChI=1S/C18H18N2O2/c1-20(2)15-8-4-13(5-9-15)17-12-18(22-19-17)14-6-10-16(21-3)11-7-14/h4-12H,1-3H3. The lowest BCUT2D eigenvalue weighted by Gasteiger charge is -2.11. The Hall–Kier alpha value is -2.75. The summed E-state index contributed by atoms with van der Waals surface area (Å²) < 4.78 is 10.6.